The van der Waals surface area contributed by atoms with Gasteiger partial charge in [-0.15, -0.1) is 11.3 Å². The number of sulfone groups is 1. The van der Waals surface area contributed by atoms with Gasteiger partial charge in [-0.25, -0.2) is 8.42 Å². The van der Waals surface area contributed by atoms with Crippen LogP contribution in [0.3, 0.4) is 0 Å². The maximum absolute atomic E-state index is 13.1. The summed E-state index contributed by atoms with van der Waals surface area (Å²) in [6.45, 7) is 2.67. The standard InChI is InChI=1S/C22H21NO4S2/c1-2-11-27-16-8-6-7-15(12-16)18-13-20(24)23-21-19(14-28-22(18)21)29(25,26)17-9-4-3-5-10-17/h3-10,12,14,18H,2,11,13H2,1H3,(H,23,24)/t18-/m0/s1. The van der Waals surface area contributed by atoms with Crippen molar-refractivity contribution in [2.45, 2.75) is 35.5 Å². The minimum absolute atomic E-state index is 0.153. The first-order valence-electron chi connectivity index (χ1n) is 9.45. The number of ether oxygens (including phenoxy) is 1. The Balaban J connectivity index is 1.76. The molecular weight excluding hydrogens is 406 g/mol. The van der Waals surface area contributed by atoms with Crippen molar-refractivity contribution >= 4 is 32.8 Å². The zero-order chi connectivity index (χ0) is 20.4. The summed E-state index contributed by atoms with van der Waals surface area (Å²) in [7, 11) is -3.72. The number of nitrogens with one attached hydrogen (secondary N) is 1. The van der Waals surface area contributed by atoms with E-state index in [2.05, 4.69) is 5.32 Å². The third kappa shape index (κ3) is 3.80. The van der Waals surface area contributed by atoms with Gasteiger partial charge in [0.2, 0.25) is 15.7 Å². The lowest BCUT2D eigenvalue weighted by molar-refractivity contribution is -0.116. The summed E-state index contributed by atoms with van der Waals surface area (Å²) in [5, 5.41) is 4.42. The van der Waals surface area contributed by atoms with Crippen LogP contribution in [0, 0.1) is 0 Å². The Morgan fingerprint density at radius 3 is 2.69 bits per heavy atom. The van der Waals surface area contributed by atoms with Crippen molar-refractivity contribution in [2.75, 3.05) is 11.9 Å². The van der Waals surface area contributed by atoms with Crippen LogP contribution in [0.2, 0.25) is 0 Å². The molecule has 0 fully saturated rings. The molecule has 0 unspecified atom stereocenters. The van der Waals surface area contributed by atoms with E-state index in [1.807, 2.05) is 31.2 Å². The molecule has 1 atom stereocenters. The van der Waals surface area contributed by atoms with Gasteiger partial charge in [0, 0.05) is 22.6 Å². The van der Waals surface area contributed by atoms with Gasteiger partial charge in [0.05, 0.1) is 17.2 Å². The lowest BCUT2D eigenvalue weighted by Crippen LogP contribution is -2.23. The van der Waals surface area contributed by atoms with E-state index in [1.54, 1.807) is 35.7 Å². The summed E-state index contributed by atoms with van der Waals surface area (Å²) in [5.41, 5.74) is 1.35. The van der Waals surface area contributed by atoms with Crippen LogP contribution in [0.15, 0.2) is 69.8 Å². The van der Waals surface area contributed by atoms with Gasteiger partial charge in [-0.05, 0) is 36.2 Å². The van der Waals surface area contributed by atoms with Crippen molar-refractivity contribution in [3.8, 4) is 5.75 Å². The average Bonchev–Trinajstić information content (AvgIpc) is 3.17. The van der Waals surface area contributed by atoms with Crippen LogP contribution in [-0.2, 0) is 14.6 Å². The number of anilines is 1. The Morgan fingerprint density at radius 1 is 1.14 bits per heavy atom. The predicted molar refractivity (Wildman–Crippen MR) is 114 cm³/mol. The predicted octanol–water partition coefficient (Wildman–Crippen LogP) is 4.84. The highest BCUT2D eigenvalue weighted by molar-refractivity contribution is 7.91. The van der Waals surface area contributed by atoms with E-state index in [1.165, 1.54) is 11.3 Å². The largest absolute Gasteiger partial charge is 0.494 e. The fourth-order valence-corrected chi connectivity index (χ4v) is 6.37. The molecule has 0 spiro atoms. The van der Waals surface area contributed by atoms with Crippen molar-refractivity contribution in [1.29, 1.82) is 0 Å². The molecule has 0 bridgehead atoms. The minimum atomic E-state index is -3.72. The molecule has 1 aromatic heterocycles. The monoisotopic (exact) mass is 427 g/mol. The van der Waals surface area contributed by atoms with Crippen molar-refractivity contribution in [3.63, 3.8) is 0 Å². The van der Waals surface area contributed by atoms with E-state index in [-0.39, 0.29) is 28.0 Å². The summed E-state index contributed by atoms with van der Waals surface area (Å²) in [6, 6.07) is 16.0. The molecule has 2 aromatic carbocycles. The number of carbonyl (C=O) groups excluding carboxylic acids is 1. The molecule has 1 aliphatic heterocycles. The molecule has 5 nitrogen and oxygen atoms in total. The van der Waals surface area contributed by atoms with Crippen molar-refractivity contribution in [2.24, 2.45) is 0 Å². The molecule has 0 saturated heterocycles. The number of hydrogen-bond acceptors (Lipinski definition) is 5. The van der Waals surface area contributed by atoms with Crippen LogP contribution in [0.25, 0.3) is 0 Å². The van der Waals surface area contributed by atoms with Crippen LogP contribution in [0.4, 0.5) is 5.69 Å². The second kappa shape index (κ2) is 8.00. The first-order valence-corrected chi connectivity index (χ1v) is 11.8. The first kappa shape index (κ1) is 19.7. The van der Waals surface area contributed by atoms with E-state index in [4.69, 9.17) is 4.74 Å². The number of thiophene rings is 1. The second-order valence-electron chi connectivity index (χ2n) is 6.88. The third-order valence-electron chi connectivity index (χ3n) is 4.83. The van der Waals surface area contributed by atoms with E-state index in [9.17, 15) is 13.2 Å². The van der Waals surface area contributed by atoms with Crippen LogP contribution in [-0.4, -0.2) is 20.9 Å². The Labute approximate surface area is 174 Å². The Hall–Kier alpha value is -2.64. The molecule has 150 valence electrons. The van der Waals surface area contributed by atoms with Gasteiger partial charge in [-0.1, -0.05) is 37.3 Å². The molecule has 0 radical (unpaired) electrons. The lowest BCUT2D eigenvalue weighted by atomic mass is 9.90. The second-order valence-corrected chi connectivity index (χ2v) is 9.71. The van der Waals surface area contributed by atoms with Crippen LogP contribution < -0.4 is 10.1 Å². The van der Waals surface area contributed by atoms with E-state index in [0.717, 1.165) is 22.6 Å². The normalized spacial score (nSPS) is 16.2. The van der Waals surface area contributed by atoms with Crippen molar-refractivity contribution < 1.29 is 17.9 Å². The third-order valence-corrected chi connectivity index (χ3v) is 7.87. The van der Waals surface area contributed by atoms with E-state index >= 15 is 0 Å². The number of amides is 1. The van der Waals surface area contributed by atoms with Crippen LogP contribution in [0.5, 0.6) is 5.75 Å². The topological polar surface area (TPSA) is 72.5 Å². The van der Waals surface area contributed by atoms with Crippen LogP contribution in [0.1, 0.15) is 36.1 Å². The highest BCUT2D eigenvalue weighted by atomic mass is 32.2. The fraction of sp³-hybridized carbons (Fsp3) is 0.227. The smallest absolute Gasteiger partial charge is 0.225 e. The van der Waals surface area contributed by atoms with Gasteiger partial charge < -0.3 is 10.1 Å². The van der Waals surface area contributed by atoms with Gasteiger partial charge in [0.15, 0.2) is 0 Å². The molecule has 0 saturated carbocycles. The number of carbonyl (C=O) groups is 1. The quantitative estimate of drug-likeness (QED) is 0.611. The molecule has 1 N–H and O–H groups in total. The summed E-state index contributed by atoms with van der Waals surface area (Å²) in [5.74, 6) is 0.365. The maximum atomic E-state index is 13.1. The highest BCUT2D eigenvalue weighted by Crippen LogP contribution is 2.46. The molecule has 2 heterocycles. The van der Waals surface area contributed by atoms with Gasteiger partial charge >= 0.3 is 0 Å². The minimum Gasteiger partial charge on any atom is -0.494 e. The highest BCUT2D eigenvalue weighted by Gasteiger charge is 2.34. The van der Waals surface area contributed by atoms with Crippen molar-refractivity contribution in [3.05, 3.63) is 70.4 Å². The van der Waals surface area contributed by atoms with E-state index in [0.29, 0.717) is 12.3 Å². The number of benzene rings is 2. The zero-order valence-electron chi connectivity index (χ0n) is 15.9. The summed E-state index contributed by atoms with van der Waals surface area (Å²) >= 11 is 1.37. The number of fused-ring (bicyclic) bond motifs is 1. The van der Waals surface area contributed by atoms with Gasteiger partial charge in [0.1, 0.15) is 10.6 Å². The van der Waals surface area contributed by atoms with Crippen LogP contribution >= 0.6 is 11.3 Å². The zero-order valence-corrected chi connectivity index (χ0v) is 17.6. The summed E-state index contributed by atoms with van der Waals surface area (Å²) in [4.78, 5) is 13.7. The van der Waals surface area contributed by atoms with E-state index < -0.39 is 9.84 Å². The molecule has 0 aliphatic carbocycles. The number of hydrogen-bond donors (Lipinski definition) is 1. The lowest BCUT2D eigenvalue weighted by Gasteiger charge is -2.24. The Bertz CT molecular complexity index is 1140. The van der Waals surface area contributed by atoms with Gasteiger partial charge in [-0.3, -0.25) is 4.79 Å². The molecule has 7 heteroatoms. The Kier molecular flexibility index (Phi) is 5.43. The molecule has 29 heavy (non-hydrogen) atoms. The SMILES string of the molecule is CCCOc1cccc([C@@H]2CC(=O)Nc3c(S(=O)(=O)c4ccccc4)csc32)c1. The molecule has 4 rings (SSSR count). The van der Waals surface area contributed by atoms with Gasteiger partial charge in [0.25, 0.3) is 0 Å². The summed E-state index contributed by atoms with van der Waals surface area (Å²) < 4.78 is 32.0. The fourth-order valence-electron chi connectivity index (χ4n) is 3.44. The molecule has 1 amide bonds. The first-order chi connectivity index (χ1) is 14.0. The molecule has 1 aliphatic rings. The maximum Gasteiger partial charge on any atom is 0.225 e. The summed E-state index contributed by atoms with van der Waals surface area (Å²) in [6.07, 6.45) is 1.18. The molecule has 3 aromatic rings. The van der Waals surface area contributed by atoms with Crippen molar-refractivity contribution in [1.82, 2.24) is 0 Å². The Morgan fingerprint density at radius 2 is 1.93 bits per heavy atom. The average molecular weight is 428 g/mol. The molecular formula is C22H21NO4S2. The number of rotatable bonds is 6. The van der Waals surface area contributed by atoms with Gasteiger partial charge in [-0.2, -0.15) is 0 Å².